The van der Waals surface area contributed by atoms with E-state index in [-0.39, 0.29) is 48.3 Å². The van der Waals surface area contributed by atoms with E-state index in [1.54, 1.807) is 42.5 Å². The second-order valence-corrected chi connectivity index (χ2v) is 10.5. The van der Waals surface area contributed by atoms with E-state index in [9.17, 15) is 19.2 Å². The summed E-state index contributed by atoms with van der Waals surface area (Å²) in [4.78, 5) is 54.7. The third-order valence-corrected chi connectivity index (χ3v) is 8.35. The molecular weight excluding hydrogens is 484 g/mol. The summed E-state index contributed by atoms with van der Waals surface area (Å²) in [5.41, 5.74) is 0.912. The molecule has 4 aliphatic rings. The Morgan fingerprint density at radius 3 is 2.42 bits per heavy atom. The molecule has 6 rings (SSSR count). The highest BCUT2D eigenvalue weighted by Gasteiger charge is 2.61. The van der Waals surface area contributed by atoms with Crippen molar-refractivity contribution in [3.63, 3.8) is 0 Å². The standard InChI is InChI=1S/C27H25ClN2O6/c1-35-21-8-7-17(28)11-20(21)29-13-16(10-22(29)31)27(34)36-19-4-2-3-18(12-19)30-25(32)23-14-5-6-15(9-14)24(23)26(30)33/h2-4,7-8,11-12,14-16,23-24H,5-6,9-10,13H2,1H3/t14-,15-,16+,23-,24+/m0/s1. The summed E-state index contributed by atoms with van der Waals surface area (Å²) < 4.78 is 11.0. The second-order valence-electron chi connectivity index (χ2n) is 10.0. The lowest BCUT2D eigenvalue weighted by Gasteiger charge is -2.20. The number of amides is 3. The minimum Gasteiger partial charge on any atom is -0.495 e. The molecule has 2 aromatic rings. The molecule has 2 aliphatic heterocycles. The topological polar surface area (TPSA) is 93.2 Å². The third kappa shape index (κ3) is 3.58. The summed E-state index contributed by atoms with van der Waals surface area (Å²) >= 11 is 6.11. The lowest BCUT2D eigenvalue weighted by Crippen LogP contribution is -2.32. The Morgan fingerprint density at radius 1 is 1.00 bits per heavy atom. The summed E-state index contributed by atoms with van der Waals surface area (Å²) in [6, 6.07) is 11.4. The average Bonchev–Trinajstić information content (AvgIpc) is 3.62. The van der Waals surface area contributed by atoms with Crippen molar-refractivity contribution in [1.29, 1.82) is 0 Å². The van der Waals surface area contributed by atoms with Gasteiger partial charge in [0.2, 0.25) is 17.7 Å². The van der Waals surface area contributed by atoms with E-state index >= 15 is 0 Å². The number of carbonyl (C=O) groups is 4. The normalized spacial score (nSPS) is 28.7. The van der Waals surface area contributed by atoms with Crippen LogP contribution < -0.4 is 19.3 Å². The van der Waals surface area contributed by atoms with E-state index in [4.69, 9.17) is 21.1 Å². The quantitative estimate of drug-likeness (QED) is 0.346. The predicted octanol–water partition coefficient (Wildman–Crippen LogP) is 3.84. The first-order valence-electron chi connectivity index (χ1n) is 12.2. The van der Waals surface area contributed by atoms with Gasteiger partial charge in [-0.15, -0.1) is 0 Å². The predicted molar refractivity (Wildman–Crippen MR) is 131 cm³/mol. The first-order valence-corrected chi connectivity index (χ1v) is 12.6. The van der Waals surface area contributed by atoms with Gasteiger partial charge in [0.1, 0.15) is 11.5 Å². The van der Waals surface area contributed by atoms with Gasteiger partial charge in [-0.1, -0.05) is 17.7 Å². The molecule has 4 fully saturated rings. The number of hydrogen-bond donors (Lipinski definition) is 0. The minimum absolute atomic E-state index is 0.0105. The highest BCUT2D eigenvalue weighted by molar-refractivity contribution is 6.31. The smallest absolute Gasteiger partial charge is 0.316 e. The molecule has 2 heterocycles. The van der Waals surface area contributed by atoms with Crippen LogP contribution in [0.15, 0.2) is 42.5 Å². The Bertz CT molecular complexity index is 1270. The summed E-state index contributed by atoms with van der Waals surface area (Å²) in [7, 11) is 1.50. The summed E-state index contributed by atoms with van der Waals surface area (Å²) in [6.45, 7) is 0.128. The zero-order valence-electron chi connectivity index (χ0n) is 19.7. The zero-order chi connectivity index (χ0) is 25.1. The van der Waals surface area contributed by atoms with Gasteiger partial charge >= 0.3 is 5.97 Å². The molecule has 186 valence electrons. The number of ether oxygens (including phenoxy) is 2. The fourth-order valence-electron chi connectivity index (χ4n) is 6.52. The fraction of sp³-hybridized carbons (Fsp3) is 0.407. The molecule has 0 spiro atoms. The average molecular weight is 509 g/mol. The van der Waals surface area contributed by atoms with Crippen LogP contribution in [0.4, 0.5) is 11.4 Å². The minimum atomic E-state index is -0.685. The molecule has 9 heteroatoms. The zero-order valence-corrected chi connectivity index (χ0v) is 20.4. The molecule has 0 N–H and O–H groups in total. The van der Waals surface area contributed by atoms with Crippen LogP contribution in [0, 0.1) is 29.6 Å². The van der Waals surface area contributed by atoms with Gasteiger partial charge in [0, 0.05) is 24.1 Å². The van der Waals surface area contributed by atoms with Crippen LogP contribution in [-0.4, -0.2) is 37.3 Å². The molecular formula is C27H25ClN2O6. The summed E-state index contributed by atoms with van der Waals surface area (Å²) in [6.07, 6.45) is 2.98. The SMILES string of the molecule is COc1ccc(Cl)cc1N1C[C@H](C(=O)Oc2cccc(N3C(=O)[C@@H]4[C@H]5CC[C@@H](C5)[C@@H]4C3=O)c2)CC1=O. The van der Waals surface area contributed by atoms with Crippen LogP contribution >= 0.6 is 11.6 Å². The highest BCUT2D eigenvalue weighted by atomic mass is 35.5. The number of methoxy groups -OCH3 is 1. The number of hydrogen-bond acceptors (Lipinski definition) is 6. The number of rotatable bonds is 5. The van der Waals surface area contributed by atoms with E-state index in [0.29, 0.717) is 34.0 Å². The Balaban J connectivity index is 1.17. The third-order valence-electron chi connectivity index (χ3n) is 8.11. The van der Waals surface area contributed by atoms with Gasteiger partial charge in [0.25, 0.3) is 0 Å². The van der Waals surface area contributed by atoms with E-state index in [1.165, 1.54) is 16.9 Å². The molecule has 0 aromatic heterocycles. The van der Waals surface area contributed by atoms with Gasteiger partial charge in [-0.3, -0.25) is 19.2 Å². The van der Waals surface area contributed by atoms with E-state index in [2.05, 4.69) is 0 Å². The number of imide groups is 1. The van der Waals surface area contributed by atoms with Crippen molar-refractivity contribution >= 4 is 46.7 Å². The van der Waals surface area contributed by atoms with Crippen molar-refractivity contribution < 1.29 is 28.7 Å². The highest BCUT2D eigenvalue weighted by Crippen LogP contribution is 2.56. The Labute approximate surface area is 213 Å². The van der Waals surface area contributed by atoms with Crippen molar-refractivity contribution in [1.82, 2.24) is 0 Å². The lowest BCUT2D eigenvalue weighted by molar-refractivity contribution is -0.139. The number of carbonyl (C=O) groups excluding carboxylic acids is 4. The maximum Gasteiger partial charge on any atom is 0.316 e. The molecule has 2 aromatic carbocycles. The molecule has 8 nitrogen and oxygen atoms in total. The van der Waals surface area contributed by atoms with Crippen LogP contribution in [0.3, 0.4) is 0 Å². The Hall–Kier alpha value is -3.39. The maximum atomic E-state index is 13.1. The van der Waals surface area contributed by atoms with Crippen LogP contribution in [-0.2, 0) is 19.2 Å². The van der Waals surface area contributed by atoms with Crippen LogP contribution in [0.25, 0.3) is 0 Å². The molecule has 0 unspecified atom stereocenters. The summed E-state index contributed by atoms with van der Waals surface area (Å²) in [5.74, 6) is -0.915. The first kappa shape index (κ1) is 23.0. The Kier molecular flexibility index (Phi) is 5.52. The second kappa shape index (κ2) is 8.62. The van der Waals surface area contributed by atoms with Crippen LogP contribution in [0.5, 0.6) is 11.5 Å². The van der Waals surface area contributed by atoms with E-state index < -0.39 is 11.9 Å². The van der Waals surface area contributed by atoms with Crippen molar-refractivity contribution in [3.8, 4) is 11.5 Å². The van der Waals surface area contributed by atoms with Gasteiger partial charge in [0.15, 0.2) is 0 Å². The van der Waals surface area contributed by atoms with E-state index in [0.717, 1.165) is 19.3 Å². The number of anilines is 2. The monoisotopic (exact) mass is 508 g/mol. The maximum absolute atomic E-state index is 13.1. The number of nitrogens with zero attached hydrogens (tertiary/aromatic N) is 2. The van der Waals surface area contributed by atoms with Crippen LogP contribution in [0.1, 0.15) is 25.7 Å². The molecule has 2 bridgehead atoms. The van der Waals surface area contributed by atoms with Crippen LogP contribution in [0.2, 0.25) is 5.02 Å². The summed E-state index contributed by atoms with van der Waals surface area (Å²) in [5, 5.41) is 0.449. The molecule has 2 aliphatic carbocycles. The molecule has 0 radical (unpaired) electrons. The lowest BCUT2D eigenvalue weighted by atomic mass is 9.81. The number of halogens is 1. The largest absolute Gasteiger partial charge is 0.495 e. The molecule has 5 atom stereocenters. The van der Waals surface area contributed by atoms with Crippen molar-refractivity contribution in [3.05, 3.63) is 47.5 Å². The van der Waals surface area contributed by atoms with Gasteiger partial charge in [-0.2, -0.15) is 0 Å². The number of fused-ring (bicyclic) bond motifs is 5. The van der Waals surface area contributed by atoms with Gasteiger partial charge < -0.3 is 14.4 Å². The Morgan fingerprint density at radius 2 is 1.72 bits per heavy atom. The fourth-order valence-corrected chi connectivity index (χ4v) is 6.69. The molecule has 3 amide bonds. The van der Waals surface area contributed by atoms with E-state index in [1.807, 2.05) is 0 Å². The molecule has 2 saturated heterocycles. The van der Waals surface area contributed by atoms with Gasteiger partial charge in [-0.05, 0) is 61.4 Å². The van der Waals surface area contributed by atoms with Gasteiger partial charge in [0.05, 0.1) is 36.2 Å². The van der Waals surface area contributed by atoms with Gasteiger partial charge in [-0.25, -0.2) is 4.90 Å². The number of benzene rings is 2. The first-order chi connectivity index (χ1) is 17.4. The van der Waals surface area contributed by atoms with Crippen molar-refractivity contribution in [2.75, 3.05) is 23.5 Å². The van der Waals surface area contributed by atoms with Crippen molar-refractivity contribution in [2.45, 2.75) is 25.7 Å². The molecule has 36 heavy (non-hydrogen) atoms. The molecule has 2 saturated carbocycles. The van der Waals surface area contributed by atoms with Crippen molar-refractivity contribution in [2.24, 2.45) is 29.6 Å². The number of esters is 1.